The molecule has 0 bridgehead atoms. The van der Waals surface area contributed by atoms with E-state index in [1.165, 1.54) is 5.56 Å². The summed E-state index contributed by atoms with van der Waals surface area (Å²) < 4.78 is 5.87. The van der Waals surface area contributed by atoms with Crippen LogP contribution in [0.3, 0.4) is 0 Å². The normalized spacial score (nSPS) is 33.8. The van der Waals surface area contributed by atoms with Crippen molar-refractivity contribution < 1.29 is 9.53 Å². The molecule has 1 aliphatic carbocycles. The summed E-state index contributed by atoms with van der Waals surface area (Å²) in [5, 5.41) is 0. The van der Waals surface area contributed by atoms with Gasteiger partial charge in [0, 0.05) is 17.4 Å². The van der Waals surface area contributed by atoms with Crippen molar-refractivity contribution >= 4 is 5.78 Å². The quantitative estimate of drug-likeness (QED) is 0.684. The zero-order valence-electron chi connectivity index (χ0n) is 10.6. The molecule has 2 aliphatic rings. The molecule has 1 aromatic rings. The second-order valence-electron chi connectivity index (χ2n) is 6.40. The molecule has 0 saturated heterocycles. The minimum absolute atomic E-state index is 0.0726. The predicted octanol–water partition coefficient (Wildman–Crippen LogP) is 3.09. The maximum Gasteiger partial charge on any atom is 0.174 e. The molecular weight excluding hydrogens is 212 g/mol. The SMILES string of the molecule is CC1(C)CC(=O)[C@@H]2Oc3ccccc3[C@]2(C)C1. The first-order chi connectivity index (χ1) is 7.92. The van der Waals surface area contributed by atoms with E-state index in [0.29, 0.717) is 6.42 Å². The first-order valence-corrected chi connectivity index (χ1v) is 6.21. The minimum Gasteiger partial charge on any atom is -0.481 e. The fourth-order valence-electron chi connectivity index (χ4n) is 3.67. The van der Waals surface area contributed by atoms with Crippen molar-refractivity contribution in [3.05, 3.63) is 29.8 Å². The van der Waals surface area contributed by atoms with Crippen LogP contribution in [0.15, 0.2) is 24.3 Å². The Kier molecular flexibility index (Phi) is 1.99. The molecule has 0 amide bonds. The largest absolute Gasteiger partial charge is 0.481 e. The first kappa shape index (κ1) is 10.8. The first-order valence-electron chi connectivity index (χ1n) is 6.21. The third-order valence-electron chi connectivity index (χ3n) is 4.12. The van der Waals surface area contributed by atoms with Crippen molar-refractivity contribution in [2.24, 2.45) is 5.41 Å². The van der Waals surface area contributed by atoms with E-state index in [1.54, 1.807) is 0 Å². The van der Waals surface area contributed by atoms with Crippen LogP contribution in [-0.2, 0) is 10.2 Å². The second kappa shape index (κ2) is 3.12. The fraction of sp³-hybridized carbons (Fsp3) is 0.533. The molecule has 2 heteroatoms. The molecule has 1 aromatic carbocycles. The third kappa shape index (κ3) is 1.43. The number of fused-ring (bicyclic) bond motifs is 3. The van der Waals surface area contributed by atoms with Gasteiger partial charge in [-0.15, -0.1) is 0 Å². The van der Waals surface area contributed by atoms with Crippen molar-refractivity contribution in [2.75, 3.05) is 0 Å². The van der Waals surface area contributed by atoms with E-state index in [2.05, 4.69) is 26.8 Å². The molecule has 1 saturated carbocycles. The number of rotatable bonds is 0. The van der Waals surface area contributed by atoms with Crippen LogP contribution in [0.5, 0.6) is 5.75 Å². The van der Waals surface area contributed by atoms with Crippen LogP contribution in [0.25, 0.3) is 0 Å². The maximum atomic E-state index is 12.2. The van der Waals surface area contributed by atoms with Gasteiger partial charge in [0.05, 0.1) is 0 Å². The monoisotopic (exact) mass is 230 g/mol. The van der Waals surface area contributed by atoms with E-state index in [-0.39, 0.29) is 22.7 Å². The highest BCUT2D eigenvalue weighted by Gasteiger charge is 2.55. The van der Waals surface area contributed by atoms with E-state index in [4.69, 9.17) is 4.74 Å². The van der Waals surface area contributed by atoms with Gasteiger partial charge in [0.25, 0.3) is 0 Å². The Balaban J connectivity index is 2.13. The van der Waals surface area contributed by atoms with Gasteiger partial charge < -0.3 is 4.74 Å². The molecule has 0 aromatic heterocycles. The molecule has 3 rings (SSSR count). The van der Waals surface area contributed by atoms with Gasteiger partial charge in [0.2, 0.25) is 0 Å². The number of benzene rings is 1. The number of carbonyl (C=O) groups excluding carboxylic acids is 1. The number of para-hydroxylation sites is 1. The molecule has 0 spiro atoms. The summed E-state index contributed by atoms with van der Waals surface area (Å²) in [5.41, 5.74) is 1.13. The average molecular weight is 230 g/mol. The van der Waals surface area contributed by atoms with Gasteiger partial charge in [0.15, 0.2) is 11.9 Å². The summed E-state index contributed by atoms with van der Waals surface area (Å²) >= 11 is 0. The van der Waals surface area contributed by atoms with Crippen LogP contribution in [-0.4, -0.2) is 11.9 Å². The van der Waals surface area contributed by atoms with Crippen molar-refractivity contribution in [2.45, 2.75) is 45.1 Å². The van der Waals surface area contributed by atoms with E-state index in [0.717, 1.165) is 12.2 Å². The van der Waals surface area contributed by atoms with Crippen LogP contribution in [0, 0.1) is 5.41 Å². The number of ketones is 1. The Morgan fingerprint density at radius 1 is 1.24 bits per heavy atom. The van der Waals surface area contributed by atoms with Crippen LogP contribution in [0.1, 0.15) is 39.2 Å². The smallest absolute Gasteiger partial charge is 0.174 e. The Morgan fingerprint density at radius 3 is 2.71 bits per heavy atom. The summed E-state index contributed by atoms with van der Waals surface area (Å²) in [6.45, 7) is 6.52. The molecule has 1 heterocycles. The van der Waals surface area contributed by atoms with Crippen molar-refractivity contribution in [1.29, 1.82) is 0 Å². The number of ether oxygens (including phenoxy) is 1. The van der Waals surface area contributed by atoms with Crippen LogP contribution < -0.4 is 4.74 Å². The highest BCUT2D eigenvalue weighted by atomic mass is 16.5. The maximum absolute atomic E-state index is 12.2. The molecule has 90 valence electrons. The predicted molar refractivity (Wildman–Crippen MR) is 66.2 cm³/mol. The summed E-state index contributed by atoms with van der Waals surface area (Å²) in [6.07, 6.45) is 1.36. The Morgan fingerprint density at radius 2 is 1.94 bits per heavy atom. The van der Waals surface area contributed by atoms with Crippen molar-refractivity contribution in [3.8, 4) is 5.75 Å². The molecule has 1 aliphatic heterocycles. The molecule has 0 unspecified atom stereocenters. The molecule has 0 N–H and O–H groups in total. The lowest BCUT2D eigenvalue weighted by atomic mass is 9.61. The average Bonchev–Trinajstić information content (AvgIpc) is 2.51. The lowest BCUT2D eigenvalue weighted by molar-refractivity contribution is -0.134. The summed E-state index contributed by atoms with van der Waals surface area (Å²) in [5.74, 6) is 1.14. The van der Waals surface area contributed by atoms with Gasteiger partial charge in [-0.1, -0.05) is 39.0 Å². The molecule has 2 nitrogen and oxygen atoms in total. The minimum atomic E-state index is -0.270. The zero-order chi connectivity index (χ0) is 12.3. The van der Waals surface area contributed by atoms with Gasteiger partial charge in [0.1, 0.15) is 5.75 Å². The van der Waals surface area contributed by atoms with Gasteiger partial charge in [-0.05, 0) is 17.9 Å². The number of hydrogen-bond acceptors (Lipinski definition) is 2. The molecule has 1 fully saturated rings. The van der Waals surface area contributed by atoms with Crippen molar-refractivity contribution in [3.63, 3.8) is 0 Å². The molecule has 2 atom stereocenters. The Hall–Kier alpha value is -1.31. The lowest BCUT2D eigenvalue weighted by Gasteiger charge is -2.42. The standard InChI is InChI=1S/C15H18O2/c1-14(2)8-11(16)13-15(3,9-14)10-6-4-5-7-12(10)17-13/h4-7,13H,8-9H2,1-3H3/t13-,15-/m0/s1. The molecule has 0 radical (unpaired) electrons. The zero-order valence-corrected chi connectivity index (χ0v) is 10.6. The Bertz CT molecular complexity index is 489. The highest BCUT2D eigenvalue weighted by Crippen LogP contribution is 2.53. The van der Waals surface area contributed by atoms with E-state index < -0.39 is 0 Å². The van der Waals surface area contributed by atoms with Gasteiger partial charge in [-0.2, -0.15) is 0 Å². The van der Waals surface area contributed by atoms with E-state index in [9.17, 15) is 4.79 Å². The van der Waals surface area contributed by atoms with Crippen molar-refractivity contribution in [1.82, 2.24) is 0 Å². The van der Waals surface area contributed by atoms with Gasteiger partial charge in [-0.25, -0.2) is 0 Å². The van der Waals surface area contributed by atoms with Crippen LogP contribution in [0.4, 0.5) is 0 Å². The number of Topliss-reactive ketones (excluding diaryl/α,β-unsaturated/α-hetero) is 1. The topological polar surface area (TPSA) is 26.3 Å². The summed E-state index contributed by atoms with van der Waals surface area (Å²) in [6, 6.07) is 8.07. The fourth-order valence-corrected chi connectivity index (χ4v) is 3.67. The molecular formula is C15H18O2. The Labute approximate surface area is 102 Å². The van der Waals surface area contributed by atoms with E-state index in [1.807, 2.05) is 18.2 Å². The number of carbonyl (C=O) groups is 1. The lowest BCUT2D eigenvalue weighted by Crippen LogP contribution is -2.50. The summed E-state index contributed by atoms with van der Waals surface area (Å²) in [7, 11) is 0. The summed E-state index contributed by atoms with van der Waals surface area (Å²) in [4.78, 5) is 12.2. The number of hydrogen-bond donors (Lipinski definition) is 0. The van der Waals surface area contributed by atoms with Gasteiger partial charge in [-0.3, -0.25) is 4.79 Å². The van der Waals surface area contributed by atoms with Gasteiger partial charge >= 0.3 is 0 Å². The van der Waals surface area contributed by atoms with E-state index >= 15 is 0 Å². The highest BCUT2D eigenvalue weighted by molar-refractivity contribution is 5.88. The second-order valence-corrected chi connectivity index (χ2v) is 6.40. The van der Waals surface area contributed by atoms with Crippen LogP contribution >= 0.6 is 0 Å². The third-order valence-corrected chi connectivity index (χ3v) is 4.12. The molecule has 17 heavy (non-hydrogen) atoms. The van der Waals surface area contributed by atoms with Crippen LogP contribution in [0.2, 0.25) is 0 Å².